The van der Waals surface area contributed by atoms with Crippen LogP contribution in [0.15, 0.2) is 6.07 Å². The Morgan fingerprint density at radius 3 is 2.42 bits per heavy atom. The van der Waals surface area contributed by atoms with Crippen molar-refractivity contribution in [2.24, 2.45) is 0 Å². The molecule has 0 atom stereocenters. The zero-order valence-electron chi connectivity index (χ0n) is 15.5. The fraction of sp³-hybridized carbons (Fsp3) is 0.529. The number of hydrogen-bond acceptors (Lipinski definition) is 5. The summed E-state index contributed by atoms with van der Waals surface area (Å²) < 4.78 is 3.83. The van der Waals surface area contributed by atoms with Crippen LogP contribution < -0.4 is 4.90 Å². The molecular weight excluding hydrogens is 302 g/mol. The van der Waals surface area contributed by atoms with Gasteiger partial charge < -0.3 is 4.90 Å². The third kappa shape index (κ3) is 2.53. The van der Waals surface area contributed by atoms with Gasteiger partial charge in [0.05, 0.1) is 11.4 Å². The standard InChI is InChI=1S/C17H25N7/c1-8-14-19-17-18-12(5)15(16(22(6)7)24(17)21-14)23-13(10(2)3)9-11(4)20-23/h9-10H,8H2,1-7H3. The third-order valence-electron chi connectivity index (χ3n) is 4.06. The smallest absolute Gasteiger partial charge is 0.254 e. The van der Waals surface area contributed by atoms with Gasteiger partial charge >= 0.3 is 0 Å². The molecule has 0 radical (unpaired) electrons. The molecule has 3 heterocycles. The zero-order valence-corrected chi connectivity index (χ0v) is 15.5. The predicted molar refractivity (Wildman–Crippen MR) is 95.2 cm³/mol. The monoisotopic (exact) mass is 327 g/mol. The van der Waals surface area contributed by atoms with Gasteiger partial charge in [-0.3, -0.25) is 0 Å². The highest BCUT2D eigenvalue weighted by atomic mass is 15.4. The summed E-state index contributed by atoms with van der Waals surface area (Å²) in [6.45, 7) is 10.4. The van der Waals surface area contributed by atoms with Crippen LogP contribution in [-0.4, -0.2) is 43.5 Å². The zero-order chi connectivity index (χ0) is 17.6. The summed E-state index contributed by atoms with van der Waals surface area (Å²) in [5.41, 5.74) is 4.01. The van der Waals surface area contributed by atoms with Crippen molar-refractivity contribution in [2.45, 2.75) is 47.0 Å². The van der Waals surface area contributed by atoms with E-state index in [0.29, 0.717) is 11.7 Å². The largest absolute Gasteiger partial charge is 0.361 e. The molecule has 0 aromatic carbocycles. The molecule has 0 amide bonds. The normalized spacial score (nSPS) is 11.7. The maximum atomic E-state index is 4.73. The average Bonchev–Trinajstić information content (AvgIpc) is 3.08. The quantitative estimate of drug-likeness (QED) is 0.737. The van der Waals surface area contributed by atoms with E-state index in [0.717, 1.165) is 40.8 Å². The van der Waals surface area contributed by atoms with Gasteiger partial charge in [-0.05, 0) is 25.8 Å². The van der Waals surface area contributed by atoms with Gasteiger partial charge in [-0.25, -0.2) is 9.67 Å². The second-order valence-corrected chi connectivity index (χ2v) is 6.63. The van der Waals surface area contributed by atoms with E-state index in [9.17, 15) is 0 Å². The Morgan fingerprint density at radius 2 is 1.83 bits per heavy atom. The molecule has 7 nitrogen and oxygen atoms in total. The summed E-state index contributed by atoms with van der Waals surface area (Å²) in [6.07, 6.45) is 0.780. The number of fused-ring (bicyclic) bond motifs is 1. The first-order chi connectivity index (χ1) is 11.3. The van der Waals surface area contributed by atoms with Crippen LogP contribution >= 0.6 is 0 Å². The second kappa shape index (κ2) is 5.89. The van der Waals surface area contributed by atoms with Crippen LogP contribution in [0.5, 0.6) is 0 Å². The summed E-state index contributed by atoms with van der Waals surface area (Å²) in [6, 6.07) is 2.13. The number of aromatic nitrogens is 6. The lowest BCUT2D eigenvalue weighted by molar-refractivity contribution is 0.714. The molecule has 0 fully saturated rings. The van der Waals surface area contributed by atoms with Gasteiger partial charge in [-0.1, -0.05) is 20.8 Å². The summed E-state index contributed by atoms with van der Waals surface area (Å²) >= 11 is 0. The Morgan fingerprint density at radius 1 is 1.12 bits per heavy atom. The van der Waals surface area contributed by atoms with Crippen molar-refractivity contribution in [1.82, 2.24) is 29.4 Å². The van der Waals surface area contributed by atoms with E-state index in [2.05, 4.69) is 35.0 Å². The second-order valence-electron chi connectivity index (χ2n) is 6.63. The molecule has 0 saturated heterocycles. The molecule has 0 aliphatic heterocycles. The molecule has 24 heavy (non-hydrogen) atoms. The van der Waals surface area contributed by atoms with E-state index in [-0.39, 0.29) is 0 Å². The molecule has 0 saturated carbocycles. The van der Waals surface area contributed by atoms with E-state index < -0.39 is 0 Å². The van der Waals surface area contributed by atoms with Crippen molar-refractivity contribution in [2.75, 3.05) is 19.0 Å². The van der Waals surface area contributed by atoms with Gasteiger partial charge in [0.2, 0.25) is 0 Å². The predicted octanol–water partition coefficient (Wildman–Crippen LogP) is 2.68. The summed E-state index contributed by atoms with van der Waals surface area (Å²) in [5.74, 6) is 2.72. The van der Waals surface area contributed by atoms with E-state index in [4.69, 9.17) is 5.10 Å². The minimum absolute atomic E-state index is 0.359. The van der Waals surface area contributed by atoms with Crippen LogP contribution in [0.4, 0.5) is 5.82 Å². The van der Waals surface area contributed by atoms with Crippen molar-refractivity contribution in [3.8, 4) is 5.69 Å². The molecule has 3 aromatic rings. The lowest BCUT2D eigenvalue weighted by atomic mass is 10.1. The first kappa shape index (κ1) is 16.4. The van der Waals surface area contributed by atoms with Crippen LogP contribution in [0, 0.1) is 13.8 Å². The fourth-order valence-corrected chi connectivity index (χ4v) is 2.93. The lowest BCUT2D eigenvalue weighted by Gasteiger charge is -2.21. The van der Waals surface area contributed by atoms with Crippen molar-refractivity contribution in [3.63, 3.8) is 0 Å². The molecule has 0 aliphatic rings. The average molecular weight is 327 g/mol. The Bertz CT molecular complexity index is 886. The van der Waals surface area contributed by atoms with E-state index in [1.807, 2.05) is 49.0 Å². The van der Waals surface area contributed by atoms with Crippen LogP contribution in [0.3, 0.4) is 0 Å². The lowest BCUT2D eigenvalue weighted by Crippen LogP contribution is -2.20. The first-order valence-electron chi connectivity index (χ1n) is 8.34. The summed E-state index contributed by atoms with van der Waals surface area (Å²) in [7, 11) is 4.02. The highest BCUT2D eigenvalue weighted by Gasteiger charge is 2.22. The molecule has 7 heteroatoms. The molecule has 0 bridgehead atoms. The Hall–Kier alpha value is -2.44. The Kier molecular flexibility index (Phi) is 4.03. The van der Waals surface area contributed by atoms with Gasteiger partial charge in [0.1, 0.15) is 5.69 Å². The minimum atomic E-state index is 0.359. The van der Waals surface area contributed by atoms with Gasteiger partial charge in [0.25, 0.3) is 5.78 Å². The number of rotatable bonds is 4. The molecule has 0 aliphatic carbocycles. The number of hydrogen-bond donors (Lipinski definition) is 0. The highest BCUT2D eigenvalue weighted by Crippen LogP contribution is 2.29. The summed E-state index contributed by atoms with van der Waals surface area (Å²) in [4.78, 5) is 11.2. The minimum Gasteiger partial charge on any atom is -0.361 e. The number of aryl methyl sites for hydroxylation is 3. The van der Waals surface area contributed by atoms with Crippen molar-refractivity contribution >= 4 is 11.6 Å². The van der Waals surface area contributed by atoms with E-state index >= 15 is 0 Å². The van der Waals surface area contributed by atoms with Crippen LogP contribution in [0.2, 0.25) is 0 Å². The molecule has 3 aromatic heterocycles. The fourth-order valence-electron chi connectivity index (χ4n) is 2.93. The van der Waals surface area contributed by atoms with Crippen LogP contribution in [0.1, 0.15) is 49.6 Å². The maximum absolute atomic E-state index is 4.73. The molecule has 0 N–H and O–H groups in total. The van der Waals surface area contributed by atoms with E-state index in [1.165, 1.54) is 0 Å². The molecule has 0 spiro atoms. The Balaban J connectivity index is 2.39. The number of anilines is 1. The topological polar surface area (TPSA) is 64.1 Å². The van der Waals surface area contributed by atoms with Crippen molar-refractivity contribution in [1.29, 1.82) is 0 Å². The van der Waals surface area contributed by atoms with Gasteiger partial charge in [-0.15, -0.1) is 5.10 Å². The molecule has 128 valence electrons. The van der Waals surface area contributed by atoms with Crippen molar-refractivity contribution in [3.05, 3.63) is 29.0 Å². The van der Waals surface area contributed by atoms with Crippen LogP contribution in [-0.2, 0) is 6.42 Å². The number of nitrogens with zero attached hydrogens (tertiary/aromatic N) is 7. The van der Waals surface area contributed by atoms with Gasteiger partial charge in [0, 0.05) is 26.2 Å². The maximum Gasteiger partial charge on any atom is 0.254 e. The van der Waals surface area contributed by atoms with Crippen LogP contribution in [0.25, 0.3) is 11.5 Å². The summed E-state index contributed by atoms with van der Waals surface area (Å²) in [5, 5.41) is 9.35. The van der Waals surface area contributed by atoms with Crippen molar-refractivity contribution < 1.29 is 0 Å². The first-order valence-corrected chi connectivity index (χ1v) is 8.34. The van der Waals surface area contributed by atoms with E-state index in [1.54, 1.807) is 0 Å². The van der Waals surface area contributed by atoms with Gasteiger partial charge in [-0.2, -0.15) is 14.6 Å². The third-order valence-corrected chi connectivity index (χ3v) is 4.06. The molecular formula is C17H25N7. The molecule has 0 unspecified atom stereocenters. The Labute approximate surface area is 142 Å². The van der Waals surface area contributed by atoms with Gasteiger partial charge in [0.15, 0.2) is 11.6 Å². The highest BCUT2D eigenvalue weighted by molar-refractivity contribution is 5.63. The SMILES string of the molecule is CCc1nc2nc(C)c(-n3nc(C)cc3C(C)C)c(N(C)C)n2n1. The molecule has 3 rings (SSSR count).